The molecule has 1 aliphatic heterocycles. The second-order valence-corrected chi connectivity index (χ2v) is 11.3. The van der Waals surface area contributed by atoms with Gasteiger partial charge in [-0.3, -0.25) is 9.59 Å². The number of rotatable bonds is 6. The predicted octanol–water partition coefficient (Wildman–Crippen LogP) is 4.37. The van der Waals surface area contributed by atoms with Crippen LogP contribution < -0.4 is 9.50 Å². The van der Waals surface area contributed by atoms with Crippen molar-refractivity contribution < 1.29 is 22.2 Å². The molecular formula is C27H34N2O5S. The molecule has 1 N–H and O–H groups in total. The van der Waals surface area contributed by atoms with Crippen LogP contribution in [-0.2, 0) is 14.9 Å². The van der Waals surface area contributed by atoms with E-state index >= 15 is 0 Å². The fourth-order valence-electron chi connectivity index (χ4n) is 4.89. The highest BCUT2D eigenvalue weighted by molar-refractivity contribution is 7.87. The number of hydrogen-bond donors (Lipinski definition) is 1. The average molecular weight is 499 g/mol. The Kier molecular flexibility index (Phi) is 7.79. The maximum Gasteiger partial charge on any atom is 0.339 e. The molecule has 1 saturated carbocycles. The molecule has 188 valence electrons. The second kappa shape index (κ2) is 10.8. The summed E-state index contributed by atoms with van der Waals surface area (Å²) < 4.78 is 30.8. The summed E-state index contributed by atoms with van der Waals surface area (Å²) in [6, 6.07) is 11.5. The lowest BCUT2D eigenvalue weighted by Crippen LogP contribution is -2.48. The number of benzene rings is 2. The summed E-state index contributed by atoms with van der Waals surface area (Å²) in [4.78, 5) is 27.4. The molecule has 2 aromatic carbocycles. The average Bonchev–Trinajstić information content (AvgIpc) is 2.86. The summed E-state index contributed by atoms with van der Waals surface area (Å²) in [6.07, 6.45) is 6.92. The number of likely N-dealkylation sites (tertiary alicyclic amines) is 1. The minimum absolute atomic E-state index is 0.106. The van der Waals surface area contributed by atoms with Crippen LogP contribution in [0.5, 0.6) is 5.75 Å². The summed E-state index contributed by atoms with van der Waals surface area (Å²) in [7, 11) is -3.97. The van der Waals surface area contributed by atoms with Crippen LogP contribution in [0.2, 0.25) is 0 Å². The van der Waals surface area contributed by atoms with Gasteiger partial charge in [0.1, 0.15) is 10.6 Å². The number of carbonyl (C=O) groups excluding carboxylic acids is 2. The van der Waals surface area contributed by atoms with Gasteiger partial charge in [0.25, 0.3) is 5.91 Å². The van der Waals surface area contributed by atoms with Crippen molar-refractivity contribution in [3.05, 3.63) is 59.2 Å². The molecule has 0 radical (unpaired) electrons. The van der Waals surface area contributed by atoms with Gasteiger partial charge in [0.15, 0.2) is 0 Å². The van der Waals surface area contributed by atoms with E-state index in [4.69, 9.17) is 4.18 Å². The molecule has 1 saturated heterocycles. The molecule has 0 atom stereocenters. The van der Waals surface area contributed by atoms with Gasteiger partial charge in [0.2, 0.25) is 5.91 Å². The van der Waals surface area contributed by atoms with Gasteiger partial charge >= 0.3 is 10.1 Å². The third-order valence-corrected chi connectivity index (χ3v) is 8.42. The molecule has 0 aromatic heterocycles. The zero-order chi connectivity index (χ0) is 25.0. The molecule has 0 unspecified atom stereocenters. The standard InChI is InChI=1S/C27H34N2O5S/c1-19-8-9-20(2)25(18-19)35(32,33)34-24-12-10-22(11-13-24)27(31)29-16-14-23(15-17-29)28-26(30)21-6-4-3-5-7-21/h8-13,18,21,23H,3-7,14-17H2,1-2H3,(H,28,30). The normalized spacial score (nSPS) is 17.7. The van der Waals surface area contributed by atoms with Gasteiger partial charge in [-0.25, -0.2) is 0 Å². The van der Waals surface area contributed by atoms with Crippen molar-refractivity contribution in [1.82, 2.24) is 10.2 Å². The van der Waals surface area contributed by atoms with Gasteiger partial charge in [-0.2, -0.15) is 8.42 Å². The fourth-order valence-corrected chi connectivity index (χ4v) is 6.14. The maximum atomic E-state index is 13.0. The van der Waals surface area contributed by atoms with Crippen LogP contribution in [0, 0.1) is 19.8 Å². The van der Waals surface area contributed by atoms with Gasteiger partial charge in [0, 0.05) is 30.6 Å². The van der Waals surface area contributed by atoms with Crippen molar-refractivity contribution in [1.29, 1.82) is 0 Å². The van der Waals surface area contributed by atoms with E-state index in [-0.39, 0.29) is 34.4 Å². The van der Waals surface area contributed by atoms with Crippen LogP contribution in [-0.4, -0.2) is 44.3 Å². The molecule has 1 heterocycles. The molecular weight excluding hydrogens is 464 g/mol. The van der Waals surface area contributed by atoms with Crippen molar-refractivity contribution >= 4 is 21.9 Å². The van der Waals surface area contributed by atoms with E-state index in [9.17, 15) is 18.0 Å². The summed E-state index contributed by atoms with van der Waals surface area (Å²) in [5.41, 5.74) is 1.92. The molecule has 1 aliphatic carbocycles. The van der Waals surface area contributed by atoms with Crippen LogP contribution >= 0.6 is 0 Å². The van der Waals surface area contributed by atoms with Crippen LogP contribution in [0.25, 0.3) is 0 Å². The minimum atomic E-state index is -3.97. The Hall–Kier alpha value is -2.87. The van der Waals surface area contributed by atoms with Crippen LogP contribution in [0.3, 0.4) is 0 Å². The smallest absolute Gasteiger partial charge is 0.339 e. The Morgan fingerprint density at radius 1 is 0.914 bits per heavy atom. The Bertz CT molecular complexity index is 1160. The molecule has 4 rings (SSSR count). The number of carbonyl (C=O) groups is 2. The third-order valence-electron chi connectivity index (χ3n) is 7.02. The number of nitrogens with zero attached hydrogens (tertiary/aromatic N) is 1. The molecule has 35 heavy (non-hydrogen) atoms. The Morgan fingerprint density at radius 3 is 2.23 bits per heavy atom. The minimum Gasteiger partial charge on any atom is -0.379 e. The lowest BCUT2D eigenvalue weighted by atomic mass is 9.88. The van der Waals surface area contributed by atoms with Gasteiger partial charge < -0.3 is 14.4 Å². The van der Waals surface area contributed by atoms with Crippen molar-refractivity contribution in [3.63, 3.8) is 0 Å². The fraction of sp³-hybridized carbons (Fsp3) is 0.481. The molecule has 2 fully saturated rings. The van der Waals surface area contributed by atoms with E-state index in [1.165, 1.54) is 18.6 Å². The predicted molar refractivity (Wildman–Crippen MR) is 134 cm³/mol. The van der Waals surface area contributed by atoms with Crippen molar-refractivity contribution in [2.24, 2.45) is 5.92 Å². The Morgan fingerprint density at radius 2 is 1.57 bits per heavy atom. The highest BCUT2D eigenvalue weighted by Gasteiger charge is 2.28. The second-order valence-electron chi connectivity index (χ2n) is 9.74. The monoisotopic (exact) mass is 498 g/mol. The molecule has 2 aromatic rings. The van der Waals surface area contributed by atoms with E-state index in [1.807, 2.05) is 13.0 Å². The van der Waals surface area contributed by atoms with E-state index in [2.05, 4.69) is 5.32 Å². The first-order chi connectivity index (χ1) is 16.7. The maximum absolute atomic E-state index is 13.0. The van der Waals surface area contributed by atoms with Gasteiger partial charge in [-0.05, 0) is 81.0 Å². The van der Waals surface area contributed by atoms with E-state index in [0.29, 0.717) is 24.2 Å². The molecule has 2 amide bonds. The van der Waals surface area contributed by atoms with Crippen molar-refractivity contribution in [3.8, 4) is 5.75 Å². The largest absolute Gasteiger partial charge is 0.379 e. The van der Waals surface area contributed by atoms with Gasteiger partial charge in [0.05, 0.1) is 0 Å². The Labute approximate surface area is 208 Å². The quantitative estimate of drug-likeness (QED) is 0.597. The van der Waals surface area contributed by atoms with E-state index in [1.54, 1.807) is 36.1 Å². The summed E-state index contributed by atoms with van der Waals surface area (Å²) in [5.74, 6) is 0.362. The zero-order valence-corrected chi connectivity index (χ0v) is 21.3. The van der Waals surface area contributed by atoms with Crippen LogP contribution in [0.15, 0.2) is 47.4 Å². The van der Waals surface area contributed by atoms with Gasteiger partial charge in [-0.15, -0.1) is 0 Å². The molecule has 7 nitrogen and oxygen atoms in total. The summed E-state index contributed by atoms with van der Waals surface area (Å²) in [6.45, 7) is 4.70. The first-order valence-electron chi connectivity index (χ1n) is 12.4. The molecule has 2 aliphatic rings. The third kappa shape index (κ3) is 6.23. The first-order valence-corrected chi connectivity index (χ1v) is 13.9. The molecule has 8 heteroatoms. The van der Waals surface area contributed by atoms with Crippen LogP contribution in [0.1, 0.15) is 66.4 Å². The number of aryl methyl sites for hydroxylation is 2. The van der Waals surface area contributed by atoms with Crippen molar-refractivity contribution in [2.75, 3.05) is 13.1 Å². The lowest BCUT2D eigenvalue weighted by molar-refractivity contribution is -0.126. The number of amides is 2. The first kappa shape index (κ1) is 25.2. The highest BCUT2D eigenvalue weighted by atomic mass is 32.2. The number of hydrogen-bond acceptors (Lipinski definition) is 5. The zero-order valence-electron chi connectivity index (χ0n) is 20.5. The number of piperidine rings is 1. The topological polar surface area (TPSA) is 92.8 Å². The molecule has 0 bridgehead atoms. The van der Waals surface area contributed by atoms with Crippen molar-refractivity contribution in [2.45, 2.75) is 69.7 Å². The Balaban J connectivity index is 1.31. The number of nitrogens with one attached hydrogen (secondary N) is 1. The lowest BCUT2D eigenvalue weighted by Gasteiger charge is -2.33. The van der Waals surface area contributed by atoms with E-state index < -0.39 is 10.1 Å². The van der Waals surface area contributed by atoms with Gasteiger partial charge in [-0.1, -0.05) is 31.4 Å². The molecule has 0 spiro atoms. The summed E-state index contributed by atoms with van der Waals surface area (Å²) in [5, 5.41) is 3.19. The van der Waals surface area contributed by atoms with E-state index in [0.717, 1.165) is 44.1 Å². The highest BCUT2D eigenvalue weighted by Crippen LogP contribution is 2.25. The summed E-state index contributed by atoms with van der Waals surface area (Å²) >= 11 is 0. The van der Waals surface area contributed by atoms with Crippen LogP contribution in [0.4, 0.5) is 0 Å². The SMILES string of the molecule is Cc1ccc(C)c(S(=O)(=O)Oc2ccc(C(=O)N3CCC(NC(=O)C4CCCCC4)CC3)cc2)c1.